The van der Waals surface area contributed by atoms with Gasteiger partial charge in [0.15, 0.2) is 0 Å². The highest BCUT2D eigenvalue weighted by atomic mass is 16.5. The van der Waals surface area contributed by atoms with Crippen molar-refractivity contribution in [1.29, 1.82) is 10.5 Å². The highest BCUT2D eigenvalue weighted by Gasteiger charge is 2.14. The van der Waals surface area contributed by atoms with Crippen LogP contribution in [0.3, 0.4) is 0 Å². The summed E-state index contributed by atoms with van der Waals surface area (Å²) in [6.07, 6.45) is 0.977. The highest BCUT2D eigenvalue weighted by molar-refractivity contribution is 5.59. The Kier molecular flexibility index (Phi) is 4.37. The second-order valence-corrected chi connectivity index (χ2v) is 3.88. The minimum absolute atomic E-state index is 0.0332. The van der Waals surface area contributed by atoms with E-state index >= 15 is 0 Å². The molecule has 4 heteroatoms. The van der Waals surface area contributed by atoms with Crippen molar-refractivity contribution >= 4 is 0 Å². The molecule has 0 saturated carbocycles. The highest BCUT2D eigenvalue weighted by Crippen LogP contribution is 2.28. The Labute approximate surface area is 101 Å². The van der Waals surface area contributed by atoms with Gasteiger partial charge in [0.25, 0.3) is 0 Å². The van der Waals surface area contributed by atoms with Gasteiger partial charge in [-0.25, -0.2) is 0 Å². The summed E-state index contributed by atoms with van der Waals surface area (Å²) >= 11 is 0. The molecule has 0 aliphatic carbocycles. The Hall–Kier alpha value is -2.20. The van der Waals surface area contributed by atoms with Gasteiger partial charge in [-0.15, -0.1) is 0 Å². The summed E-state index contributed by atoms with van der Waals surface area (Å²) in [7, 11) is 0. The average molecular weight is 230 g/mol. The lowest BCUT2D eigenvalue weighted by atomic mass is 10.1. The maximum atomic E-state index is 9.44. The van der Waals surface area contributed by atoms with Crippen molar-refractivity contribution in [2.45, 2.75) is 20.3 Å². The van der Waals surface area contributed by atoms with Crippen LogP contribution in [0.25, 0.3) is 0 Å². The predicted octanol–water partition coefficient (Wildman–Crippen LogP) is 2.56. The summed E-state index contributed by atoms with van der Waals surface area (Å²) in [5.74, 6) is 0.531. The molecule has 0 aliphatic rings. The zero-order valence-corrected chi connectivity index (χ0v) is 9.90. The number of aromatic hydroxyl groups is 1. The number of hydrogen-bond acceptors (Lipinski definition) is 4. The second kappa shape index (κ2) is 5.77. The van der Waals surface area contributed by atoms with Gasteiger partial charge < -0.3 is 9.84 Å². The lowest BCUT2D eigenvalue weighted by Crippen LogP contribution is -2.08. The summed E-state index contributed by atoms with van der Waals surface area (Å²) in [5.41, 5.74) is 0.0601. The Morgan fingerprint density at radius 1 is 1.29 bits per heavy atom. The molecule has 1 atom stereocenters. The van der Waals surface area contributed by atoms with E-state index in [1.807, 2.05) is 13.0 Å². The van der Waals surface area contributed by atoms with E-state index in [-0.39, 0.29) is 16.9 Å². The van der Waals surface area contributed by atoms with Crippen molar-refractivity contribution in [2.75, 3.05) is 6.61 Å². The summed E-state index contributed by atoms with van der Waals surface area (Å²) in [4.78, 5) is 0. The quantitative estimate of drug-likeness (QED) is 0.862. The van der Waals surface area contributed by atoms with E-state index in [9.17, 15) is 5.11 Å². The number of hydrogen-bond donors (Lipinski definition) is 1. The maximum absolute atomic E-state index is 9.44. The molecule has 1 rings (SSSR count). The Bertz CT molecular complexity index is 483. The SMILES string of the molecule is CC[C@H](C)COc1ccc(O)c(C#N)c1C#N. The van der Waals surface area contributed by atoms with Gasteiger partial charge in [-0.2, -0.15) is 10.5 Å². The molecule has 88 valence electrons. The third-order valence-corrected chi connectivity index (χ3v) is 2.59. The number of nitriles is 2. The fraction of sp³-hybridized carbons (Fsp3) is 0.385. The third-order valence-electron chi connectivity index (χ3n) is 2.59. The Morgan fingerprint density at radius 2 is 1.94 bits per heavy atom. The summed E-state index contributed by atoms with van der Waals surface area (Å²) in [6, 6.07) is 6.57. The summed E-state index contributed by atoms with van der Waals surface area (Å²) in [6.45, 7) is 4.58. The molecule has 0 fully saturated rings. The van der Waals surface area contributed by atoms with Crippen LogP contribution < -0.4 is 4.74 Å². The van der Waals surface area contributed by atoms with Crippen molar-refractivity contribution in [3.05, 3.63) is 23.3 Å². The van der Waals surface area contributed by atoms with Crippen LogP contribution in [0, 0.1) is 28.6 Å². The van der Waals surface area contributed by atoms with Crippen molar-refractivity contribution < 1.29 is 9.84 Å². The number of ether oxygens (including phenoxy) is 1. The smallest absolute Gasteiger partial charge is 0.138 e. The van der Waals surface area contributed by atoms with E-state index in [2.05, 4.69) is 6.92 Å². The zero-order valence-electron chi connectivity index (χ0n) is 9.90. The van der Waals surface area contributed by atoms with Gasteiger partial charge in [0.05, 0.1) is 6.61 Å². The molecule has 0 saturated heterocycles. The minimum atomic E-state index is -0.195. The molecule has 0 heterocycles. The van der Waals surface area contributed by atoms with Crippen molar-refractivity contribution in [3.8, 4) is 23.6 Å². The molecule has 1 aromatic rings. The monoisotopic (exact) mass is 230 g/mol. The van der Waals surface area contributed by atoms with Crippen LogP contribution in [0.2, 0.25) is 0 Å². The molecule has 0 unspecified atom stereocenters. The summed E-state index contributed by atoms with van der Waals surface area (Å²) < 4.78 is 5.49. The Morgan fingerprint density at radius 3 is 2.47 bits per heavy atom. The first kappa shape index (κ1) is 12.9. The van der Waals surface area contributed by atoms with Crippen LogP contribution in [0.15, 0.2) is 12.1 Å². The van der Waals surface area contributed by atoms with Gasteiger partial charge >= 0.3 is 0 Å². The van der Waals surface area contributed by atoms with Crippen LogP contribution in [0.4, 0.5) is 0 Å². The van der Waals surface area contributed by atoms with E-state index in [1.165, 1.54) is 12.1 Å². The van der Waals surface area contributed by atoms with Crippen molar-refractivity contribution in [3.63, 3.8) is 0 Å². The zero-order chi connectivity index (χ0) is 12.8. The van der Waals surface area contributed by atoms with E-state index in [0.29, 0.717) is 18.3 Å². The minimum Gasteiger partial charge on any atom is -0.507 e. The van der Waals surface area contributed by atoms with E-state index < -0.39 is 0 Å². The maximum Gasteiger partial charge on any atom is 0.138 e. The molecule has 4 nitrogen and oxygen atoms in total. The Balaban J connectivity index is 3.02. The van der Waals surface area contributed by atoms with E-state index in [4.69, 9.17) is 15.3 Å². The molecule has 0 bridgehead atoms. The lowest BCUT2D eigenvalue weighted by Gasteiger charge is -2.12. The number of benzene rings is 1. The van der Waals surface area contributed by atoms with E-state index in [0.717, 1.165) is 6.42 Å². The second-order valence-electron chi connectivity index (χ2n) is 3.88. The predicted molar refractivity (Wildman–Crippen MR) is 62.5 cm³/mol. The number of phenolic OH excluding ortho intramolecular Hbond substituents is 1. The topological polar surface area (TPSA) is 77.0 Å². The van der Waals surface area contributed by atoms with Crippen molar-refractivity contribution in [2.24, 2.45) is 5.92 Å². The average Bonchev–Trinajstić information content (AvgIpc) is 2.36. The molecule has 0 spiro atoms. The standard InChI is InChI=1S/C13H14N2O2/c1-3-9(2)8-17-13-5-4-12(16)10(6-14)11(13)7-15/h4-5,9,16H,3,8H2,1-2H3/t9-/m0/s1. The van der Waals surface area contributed by atoms with Gasteiger partial charge in [0.2, 0.25) is 0 Å². The van der Waals surface area contributed by atoms with Gasteiger partial charge in [0.1, 0.15) is 34.8 Å². The van der Waals surface area contributed by atoms with Crippen LogP contribution in [0.1, 0.15) is 31.4 Å². The normalized spacial score (nSPS) is 11.3. The fourth-order valence-corrected chi connectivity index (χ4v) is 1.27. The molecule has 1 N–H and O–H groups in total. The van der Waals surface area contributed by atoms with Gasteiger partial charge in [-0.05, 0) is 18.1 Å². The van der Waals surface area contributed by atoms with Crippen molar-refractivity contribution in [1.82, 2.24) is 0 Å². The molecule has 0 amide bonds. The first-order valence-corrected chi connectivity index (χ1v) is 5.43. The van der Waals surface area contributed by atoms with Crippen LogP contribution >= 0.6 is 0 Å². The van der Waals surface area contributed by atoms with Gasteiger partial charge in [-0.3, -0.25) is 0 Å². The number of rotatable bonds is 4. The van der Waals surface area contributed by atoms with Crippen LogP contribution in [0.5, 0.6) is 11.5 Å². The molecular weight excluding hydrogens is 216 g/mol. The molecule has 17 heavy (non-hydrogen) atoms. The van der Waals surface area contributed by atoms with Gasteiger partial charge in [0, 0.05) is 0 Å². The van der Waals surface area contributed by atoms with Crippen LogP contribution in [-0.4, -0.2) is 11.7 Å². The van der Waals surface area contributed by atoms with Crippen LogP contribution in [-0.2, 0) is 0 Å². The molecule has 0 aromatic heterocycles. The molecule has 0 radical (unpaired) electrons. The van der Waals surface area contributed by atoms with Gasteiger partial charge in [-0.1, -0.05) is 20.3 Å². The fourth-order valence-electron chi connectivity index (χ4n) is 1.27. The summed E-state index contributed by atoms with van der Waals surface area (Å²) in [5, 5.41) is 27.3. The molecule has 0 aliphatic heterocycles. The largest absolute Gasteiger partial charge is 0.507 e. The first-order valence-electron chi connectivity index (χ1n) is 5.43. The number of nitrogens with zero attached hydrogens (tertiary/aromatic N) is 2. The lowest BCUT2D eigenvalue weighted by molar-refractivity contribution is 0.255. The third kappa shape index (κ3) is 2.89. The first-order chi connectivity index (χ1) is 8.13. The number of phenols is 1. The molecular formula is C13H14N2O2. The van der Waals surface area contributed by atoms with E-state index in [1.54, 1.807) is 6.07 Å². The molecule has 1 aromatic carbocycles.